The molecule has 3 rings (SSSR count). The maximum atomic E-state index is 12.0. The molecule has 3 heterocycles. The molecule has 4 atom stereocenters. The van der Waals surface area contributed by atoms with Crippen LogP contribution in [-0.4, -0.2) is 40.1 Å². The molecule has 0 saturated carbocycles. The van der Waals surface area contributed by atoms with Gasteiger partial charge in [-0.1, -0.05) is 0 Å². The summed E-state index contributed by atoms with van der Waals surface area (Å²) in [5, 5.41) is 0. The van der Waals surface area contributed by atoms with Gasteiger partial charge in [-0.3, -0.25) is 4.57 Å². The van der Waals surface area contributed by atoms with Crippen molar-refractivity contribution >= 4 is 5.82 Å². The minimum Gasteiger partial charge on any atom is -0.383 e. The summed E-state index contributed by atoms with van der Waals surface area (Å²) >= 11 is 0. The third kappa shape index (κ3) is 1.57. The Bertz CT molecular complexity index is 620. The SMILES string of the molecule is [2H]C[C@]12O[C@@H](n3ccc(N)nc3=O)[C@H](OC1(C)C)[C@@H]2OC. The van der Waals surface area contributed by atoms with Crippen LogP contribution in [0.1, 0.15) is 28.3 Å². The first-order chi connectivity index (χ1) is 9.86. The van der Waals surface area contributed by atoms with E-state index >= 15 is 0 Å². The first-order valence-corrected chi connectivity index (χ1v) is 6.38. The first kappa shape index (κ1) is 12.3. The van der Waals surface area contributed by atoms with Gasteiger partial charge in [-0.05, 0) is 26.8 Å². The summed E-state index contributed by atoms with van der Waals surface area (Å²) in [5.41, 5.74) is 3.41. The molecule has 20 heavy (non-hydrogen) atoms. The highest BCUT2D eigenvalue weighted by molar-refractivity contribution is 5.24. The number of nitrogens with two attached hydrogens (primary N) is 1. The van der Waals surface area contributed by atoms with Gasteiger partial charge in [0.15, 0.2) is 6.23 Å². The number of ether oxygens (including phenoxy) is 3. The summed E-state index contributed by atoms with van der Waals surface area (Å²) in [6, 6.07) is 1.52. The third-order valence-corrected chi connectivity index (χ3v) is 4.20. The molecule has 2 aliphatic heterocycles. The van der Waals surface area contributed by atoms with Crippen molar-refractivity contribution in [2.75, 3.05) is 12.8 Å². The van der Waals surface area contributed by atoms with E-state index in [-0.39, 0.29) is 12.7 Å². The van der Waals surface area contributed by atoms with Gasteiger partial charge < -0.3 is 19.9 Å². The molecule has 2 N–H and O–H groups in total. The molecule has 2 aliphatic rings. The maximum Gasteiger partial charge on any atom is 0.351 e. The molecule has 0 radical (unpaired) electrons. The molecule has 1 aromatic rings. The highest BCUT2D eigenvalue weighted by Gasteiger charge is 2.69. The van der Waals surface area contributed by atoms with Crippen LogP contribution in [0.3, 0.4) is 0 Å². The predicted molar refractivity (Wildman–Crippen MR) is 71.2 cm³/mol. The van der Waals surface area contributed by atoms with Crippen LogP contribution < -0.4 is 11.4 Å². The van der Waals surface area contributed by atoms with Gasteiger partial charge >= 0.3 is 5.69 Å². The lowest BCUT2D eigenvalue weighted by atomic mass is 9.85. The summed E-state index contributed by atoms with van der Waals surface area (Å²) in [6.07, 6.45) is -0.0385. The van der Waals surface area contributed by atoms with E-state index in [0.717, 1.165) is 0 Å². The van der Waals surface area contributed by atoms with Crippen LogP contribution in [-0.2, 0) is 14.2 Å². The van der Waals surface area contributed by atoms with Crippen LogP contribution >= 0.6 is 0 Å². The Balaban J connectivity index is 2.04. The largest absolute Gasteiger partial charge is 0.383 e. The smallest absolute Gasteiger partial charge is 0.351 e. The second-order valence-corrected chi connectivity index (χ2v) is 5.69. The Morgan fingerprint density at radius 1 is 1.55 bits per heavy atom. The van der Waals surface area contributed by atoms with Crippen molar-refractivity contribution < 1.29 is 15.6 Å². The van der Waals surface area contributed by atoms with Crippen molar-refractivity contribution in [1.82, 2.24) is 9.55 Å². The lowest BCUT2D eigenvalue weighted by molar-refractivity contribution is -0.242. The van der Waals surface area contributed by atoms with E-state index in [4.69, 9.17) is 21.3 Å². The van der Waals surface area contributed by atoms with Gasteiger partial charge in [0.25, 0.3) is 0 Å². The Morgan fingerprint density at radius 2 is 2.30 bits per heavy atom. The molecule has 0 amide bonds. The summed E-state index contributed by atoms with van der Waals surface area (Å²) < 4.78 is 26.8. The Labute approximate surface area is 118 Å². The molecule has 2 saturated heterocycles. The number of nitrogen functional groups attached to an aromatic ring is 1. The minimum absolute atomic E-state index is 0.0251. The van der Waals surface area contributed by atoms with Crippen molar-refractivity contribution in [2.24, 2.45) is 0 Å². The Kier molecular flexibility index (Phi) is 2.48. The zero-order valence-corrected chi connectivity index (χ0v) is 11.7. The first-order valence-electron chi connectivity index (χ1n) is 7.09. The van der Waals surface area contributed by atoms with Crippen LogP contribution in [0.2, 0.25) is 0 Å². The molecule has 7 heteroatoms. The van der Waals surface area contributed by atoms with Gasteiger partial charge in [-0.25, -0.2) is 4.79 Å². The number of rotatable bonds is 2. The van der Waals surface area contributed by atoms with E-state index < -0.39 is 35.3 Å². The normalized spacial score (nSPS) is 39.0. The fourth-order valence-electron chi connectivity index (χ4n) is 2.97. The quantitative estimate of drug-likeness (QED) is 0.839. The summed E-state index contributed by atoms with van der Waals surface area (Å²) in [4.78, 5) is 15.7. The lowest BCUT2D eigenvalue weighted by Gasteiger charge is -2.41. The van der Waals surface area contributed by atoms with Crippen molar-refractivity contribution in [3.8, 4) is 0 Å². The zero-order valence-electron chi connectivity index (χ0n) is 12.7. The molecule has 1 aromatic heterocycles. The highest BCUT2D eigenvalue weighted by atomic mass is 16.7. The average Bonchev–Trinajstić information content (AvgIpc) is 2.84. The van der Waals surface area contributed by atoms with Crippen molar-refractivity contribution in [1.29, 1.82) is 0 Å². The van der Waals surface area contributed by atoms with Crippen LogP contribution in [0, 0.1) is 0 Å². The van der Waals surface area contributed by atoms with E-state index in [1.165, 1.54) is 16.8 Å². The predicted octanol–water partition coefficient (Wildman–Crippen LogP) is 0.305. The number of methoxy groups -OCH3 is 1. The van der Waals surface area contributed by atoms with Crippen molar-refractivity contribution in [3.05, 3.63) is 22.7 Å². The number of nitrogens with zero attached hydrogens (tertiary/aromatic N) is 2. The maximum absolute atomic E-state index is 12.0. The number of aromatic nitrogens is 2. The molecule has 0 aromatic carbocycles. The van der Waals surface area contributed by atoms with Crippen LogP contribution in [0.5, 0.6) is 0 Å². The van der Waals surface area contributed by atoms with Gasteiger partial charge in [0, 0.05) is 14.7 Å². The van der Waals surface area contributed by atoms with E-state index in [9.17, 15) is 4.79 Å². The number of hydrogen-bond donors (Lipinski definition) is 1. The molecular formula is C13H19N3O4. The third-order valence-electron chi connectivity index (χ3n) is 4.20. The summed E-state index contributed by atoms with van der Waals surface area (Å²) in [7, 11) is 1.56. The fourth-order valence-corrected chi connectivity index (χ4v) is 2.97. The fraction of sp³-hybridized carbons (Fsp3) is 0.692. The highest BCUT2D eigenvalue weighted by Crippen LogP contribution is 2.54. The average molecular weight is 282 g/mol. The molecule has 0 aliphatic carbocycles. The molecule has 0 unspecified atom stereocenters. The summed E-state index contributed by atoms with van der Waals surface area (Å²) in [6.45, 7) is 3.71. The van der Waals surface area contributed by atoms with Crippen LogP contribution in [0.25, 0.3) is 0 Å². The van der Waals surface area contributed by atoms with Gasteiger partial charge in [0.05, 0.1) is 5.60 Å². The van der Waals surface area contributed by atoms with E-state index in [1.807, 2.05) is 13.8 Å². The molecule has 7 nitrogen and oxygen atoms in total. The molecule has 2 bridgehead atoms. The van der Waals surface area contributed by atoms with E-state index in [2.05, 4.69) is 4.98 Å². The second kappa shape index (κ2) is 4.03. The number of hydrogen-bond acceptors (Lipinski definition) is 6. The van der Waals surface area contributed by atoms with Gasteiger partial charge in [0.1, 0.15) is 23.6 Å². The molecule has 110 valence electrons. The molecule has 0 spiro atoms. The number of anilines is 1. The molecular weight excluding hydrogens is 262 g/mol. The van der Waals surface area contributed by atoms with Gasteiger partial charge in [-0.15, -0.1) is 0 Å². The van der Waals surface area contributed by atoms with Crippen molar-refractivity contribution in [2.45, 2.75) is 50.4 Å². The van der Waals surface area contributed by atoms with Crippen LogP contribution in [0.4, 0.5) is 5.82 Å². The van der Waals surface area contributed by atoms with Gasteiger partial charge in [0.2, 0.25) is 0 Å². The van der Waals surface area contributed by atoms with Crippen LogP contribution in [0.15, 0.2) is 17.1 Å². The zero-order chi connectivity index (χ0) is 15.4. The Morgan fingerprint density at radius 3 is 2.85 bits per heavy atom. The summed E-state index contributed by atoms with van der Waals surface area (Å²) in [5.74, 6) is 0.152. The van der Waals surface area contributed by atoms with E-state index in [1.54, 1.807) is 7.11 Å². The topological polar surface area (TPSA) is 88.6 Å². The monoisotopic (exact) mass is 282 g/mol. The van der Waals surface area contributed by atoms with E-state index in [0.29, 0.717) is 0 Å². The minimum atomic E-state index is -0.919. The van der Waals surface area contributed by atoms with Crippen molar-refractivity contribution in [3.63, 3.8) is 0 Å². The number of fused-ring (bicyclic) bond motifs is 2. The standard InChI is InChI=1S/C13H19N3O4/c1-12(2)13(3)9(18-4)8(19-12)10(20-13)16-6-5-7(14)15-11(16)17/h5-6,8-10H,1-4H3,(H2,14,15,17)/t8-,9+,10-,13-/m1/s1/i3D. The second-order valence-electron chi connectivity index (χ2n) is 5.69. The molecule has 2 fully saturated rings. The lowest BCUT2D eigenvalue weighted by Crippen LogP contribution is -2.52. The Hall–Kier alpha value is -1.44. The van der Waals surface area contributed by atoms with Gasteiger partial charge in [-0.2, -0.15) is 4.98 Å².